The topological polar surface area (TPSA) is 9.23 Å². The molecular weight excluding hydrogens is 312 g/mol. The molecule has 18 heavy (non-hydrogen) atoms. The van der Waals surface area contributed by atoms with Gasteiger partial charge in [-0.25, -0.2) is 0 Å². The van der Waals surface area contributed by atoms with E-state index >= 15 is 0 Å². The predicted molar refractivity (Wildman–Crippen MR) is 77.7 cm³/mol. The molecule has 0 atom stereocenters. The van der Waals surface area contributed by atoms with Gasteiger partial charge in [0.15, 0.2) is 0 Å². The Hall–Kier alpha value is -0.990. The van der Waals surface area contributed by atoms with Crippen LogP contribution in [0.15, 0.2) is 40.9 Å². The van der Waals surface area contributed by atoms with Gasteiger partial charge in [-0.1, -0.05) is 17.7 Å². The lowest BCUT2D eigenvalue weighted by molar-refractivity contribution is 0.479. The summed E-state index contributed by atoms with van der Waals surface area (Å²) in [4.78, 5) is 0. The van der Waals surface area contributed by atoms with Crippen LogP contribution in [0.5, 0.6) is 11.5 Å². The molecule has 3 rings (SSSR count). The van der Waals surface area contributed by atoms with Gasteiger partial charge in [0.2, 0.25) is 0 Å². The molecule has 0 saturated heterocycles. The molecule has 0 aliphatic heterocycles. The molecule has 0 amide bonds. The average molecular weight is 324 g/mol. The summed E-state index contributed by atoms with van der Waals surface area (Å²) < 4.78 is 6.79. The van der Waals surface area contributed by atoms with Gasteiger partial charge in [0.25, 0.3) is 0 Å². The van der Waals surface area contributed by atoms with Crippen LogP contribution in [0, 0.1) is 0 Å². The Morgan fingerprint density at radius 1 is 1.00 bits per heavy atom. The smallest absolute Gasteiger partial charge is 0.143 e. The van der Waals surface area contributed by atoms with E-state index in [1.54, 1.807) is 0 Å². The molecule has 0 aromatic heterocycles. The third kappa shape index (κ3) is 2.40. The first-order valence-corrected chi connectivity index (χ1v) is 7.14. The van der Waals surface area contributed by atoms with Crippen molar-refractivity contribution in [3.63, 3.8) is 0 Å². The molecule has 3 heteroatoms. The van der Waals surface area contributed by atoms with E-state index in [4.69, 9.17) is 16.3 Å². The third-order valence-corrected chi connectivity index (χ3v) is 4.08. The van der Waals surface area contributed by atoms with Crippen LogP contribution < -0.4 is 4.74 Å². The number of halogens is 2. The number of aryl methyl sites for hydroxylation is 2. The van der Waals surface area contributed by atoms with Crippen LogP contribution in [-0.2, 0) is 12.8 Å². The summed E-state index contributed by atoms with van der Waals surface area (Å²) in [6, 6.07) is 11.9. The van der Waals surface area contributed by atoms with Crippen molar-refractivity contribution in [2.45, 2.75) is 19.3 Å². The van der Waals surface area contributed by atoms with Crippen molar-refractivity contribution in [2.75, 3.05) is 0 Å². The van der Waals surface area contributed by atoms with E-state index in [9.17, 15) is 0 Å². The van der Waals surface area contributed by atoms with Gasteiger partial charge in [-0.15, -0.1) is 0 Å². The van der Waals surface area contributed by atoms with Gasteiger partial charge in [-0.2, -0.15) is 0 Å². The van der Waals surface area contributed by atoms with Gasteiger partial charge in [-0.3, -0.25) is 0 Å². The van der Waals surface area contributed by atoms with Crippen LogP contribution in [-0.4, -0.2) is 0 Å². The number of benzene rings is 2. The van der Waals surface area contributed by atoms with Crippen molar-refractivity contribution < 1.29 is 4.74 Å². The third-order valence-electron chi connectivity index (χ3n) is 3.19. The van der Waals surface area contributed by atoms with E-state index in [1.807, 2.05) is 24.3 Å². The second kappa shape index (κ2) is 4.94. The molecule has 0 heterocycles. The Balaban J connectivity index is 1.90. The minimum absolute atomic E-state index is 0.675. The molecule has 0 radical (unpaired) electrons. The monoisotopic (exact) mass is 322 g/mol. The first-order chi connectivity index (χ1) is 8.72. The molecule has 0 spiro atoms. The largest absolute Gasteiger partial charge is 0.456 e. The number of fused-ring (bicyclic) bond motifs is 1. The Bertz CT molecular complexity index is 595. The molecule has 1 aliphatic carbocycles. The Labute approximate surface area is 120 Å². The molecule has 0 fully saturated rings. The molecule has 1 nitrogen and oxygen atoms in total. The van der Waals surface area contributed by atoms with Crippen molar-refractivity contribution in [2.24, 2.45) is 0 Å². The highest BCUT2D eigenvalue weighted by atomic mass is 79.9. The normalized spacial score (nSPS) is 13.4. The fraction of sp³-hybridized carbons (Fsp3) is 0.200. The SMILES string of the molecule is Clc1ccc(Br)c(Oc2ccc3c(c2)CCC3)c1. The number of ether oxygens (including phenoxy) is 1. The van der Waals surface area contributed by atoms with Gasteiger partial charge >= 0.3 is 0 Å². The van der Waals surface area contributed by atoms with Crippen LogP contribution in [0.3, 0.4) is 0 Å². The van der Waals surface area contributed by atoms with Crippen LogP contribution >= 0.6 is 27.5 Å². The summed E-state index contributed by atoms with van der Waals surface area (Å²) >= 11 is 9.44. The summed E-state index contributed by atoms with van der Waals surface area (Å²) in [5.41, 5.74) is 2.86. The van der Waals surface area contributed by atoms with Gasteiger partial charge in [0, 0.05) is 11.1 Å². The second-order valence-electron chi connectivity index (χ2n) is 4.46. The van der Waals surface area contributed by atoms with Crippen molar-refractivity contribution in [1.29, 1.82) is 0 Å². The minimum Gasteiger partial charge on any atom is -0.456 e. The molecule has 0 unspecified atom stereocenters. The van der Waals surface area contributed by atoms with E-state index < -0.39 is 0 Å². The summed E-state index contributed by atoms with van der Waals surface area (Å²) in [7, 11) is 0. The molecule has 92 valence electrons. The number of hydrogen-bond acceptors (Lipinski definition) is 1. The van der Waals surface area contributed by atoms with E-state index in [0.717, 1.165) is 22.4 Å². The zero-order valence-electron chi connectivity index (χ0n) is 9.75. The maximum absolute atomic E-state index is 5.98. The van der Waals surface area contributed by atoms with Gasteiger partial charge in [0.05, 0.1) is 4.47 Å². The van der Waals surface area contributed by atoms with E-state index in [2.05, 4.69) is 28.1 Å². The Kier molecular flexibility index (Phi) is 3.31. The highest BCUT2D eigenvalue weighted by Crippen LogP contribution is 2.34. The van der Waals surface area contributed by atoms with Crippen LogP contribution in [0.2, 0.25) is 5.02 Å². The van der Waals surface area contributed by atoms with Crippen LogP contribution in [0.25, 0.3) is 0 Å². The molecule has 1 aliphatic rings. The fourth-order valence-electron chi connectivity index (χ4n) is 2.29. The first-order valence-electron chi connectivity index (χ1n) is 5.97. The van der Waals surface area contributed by atoms with Crippen LogP contribution in [0.4, 0.5) is 0 Å². The predicted octanol–water partition coefficient (Wildman–Crippen LogP) is 5.38. The number of rotatable bonds is 2. The molecule has 0 saturated carbocycles. The fourth-order valence-corrected chi connectivity index (χ4v) is 2.78. The maximum Gasteiger partial charge on any atom is 0.143 e. The van der Waals surface area contributed by atoms with Crippen LogP contribution in [0.1, 0.15) is 17.5 Å². The van der Waals surface area contributed by atoms with Crippen molar-refractivity contribution >= 4 is 27.5 Å². The maximum atomic E-state index is 5.98. The Morgan fingerprint density at radius 2 is 1.83 bits per heavy atom. The van der Waals surface area contributed by atoms with E-state index in [-0.39, 0.29) is 0 Å². The lowest BCUT2D eigenvalue weighted by atomic mass is 10.1. The highest BCUT2D eigenvalue weighted by Gasteiger charge is 2.12. The summed E-state index contributed by atoms with van der Waals surface area (Å²) in [5.74, 6) is 1.62. The molecule has 0 bridgehead atoms. The quantitative estimate of drug-likeness (QED) is 0.720. The molecule has 0 N–H and O–H groups in total. The van der Waals surface area contributed by atoms with E-state index in [0.29, 0.717) is 5.02 Å². The van der Waals surface area contributed by atoms with Crippen molar-refractivity contribution in [3.8, 4) is 11.5 Å². The molecular formula is C15H12BrClO. The van der Waals surface area contributed by atoms with E-state index in [1.165, 1.54) is 24.0 Å². The number of hydrogen-bond donors (Lipinski definition) is 0. The average Bonchev–Trinajstić information content (AvgIpc) is 2.81. The molecule has 2 aromatic carbocycles. The minimum atomic E-state index is 0.675. The summed E-state index contributed by atoms with van der Waals surface area (Å²) in [5, 5.41) is 0.675. The lowest BCUT2D eigenvalue weighted by Crippen LogP contribution is -1.88. The van der Waals surface area contributed by atoms with Gasteiger partial charge in [0.1, 0.15) is 11.5 Å². The van der Waals surface area contributed by atoms with Gasteiger partial charge < -0.3 is 4.74 Å². The first kappa shape index (κ1) is 12.1. The highest BCUT2D eigenvalue weighted by molar-refractivity contribution is 9.10. The van der Waals surface area contributed by atoms with Crippen molar-refractivity contribution in [3.05, 3.63) is 57.0 Å². The second-order valence-corrected chi connectivity index (χ2v) is 5.75. The molecule has 2 aromatic rings. The summed E-state index contributed by atoms with van der Waals surface area (Å²) in [6.07, 6.45) is 3.60. The zero-order chi connectivity index (χ0) is 12.5. The van der Waals surface area contributed by atoms with Gasteiger partial charge in [-0.05, 0) is 70.6 Å². The zero-order valence-corrected chi connectivity index (χ0v) is 12.1. The summed E-state index contributed by atoms with van der Waals surface area (Å²) in [6.45, 7) is 0. The Morgan fingerprint density at radius 3 is 2.72 bits per heavy atom. The van der Waals surface area contributed by atoms with Crippen molar-refractivity contribution in [1.82, 2.24) is 0 Å². The lowest BCUT2D eigenvalue weighted by Gasteiger charge is -2.09. The standard InChI is InChI=1S/C15H12BrClO/c16-14-7-5-12(17)9-15(14)18-13-6-4-10-2-1-3-11(10)8-13/h4-9H,1-3H2.